The van der Waals surface area contributed by atoms with Crippen molar-refractivity contribution in [1.82, 2.24) is 4.98 Å². The van der Waals surface area contributed by atoms with Crippen molar-refractivity contribution in [3.05, 3.63) is 29.4 Å². The second kappa shape index (κ2) is 4.77. The summed E-state index contributed by atoms with van der Waals surface area (Å²) >= 11 is 11.6. The lowest BCUT2D eigenvalue weighted by Crippen LogP contribution is -2.12. The summed E-state index contributed by atoms with van der Waals surface area (Å²) in [5.41, 5.74) is 6.16. The van der Waals surface area contributed by atoms with E-state index in [1.807, 2.05) is 0 Å². The highest BCUT2D eigenvalue weighted by Crippen LogP contribution is 2.37. The lowest BCUT2D eigenvalue weighted by molar-refractivity contribution is 0.482. The third-order valence-electron chi connectivity index (χ3n) is 2.20. The third kappa shape index (κ3) is 2.28. The Morgan fingerprint density at radius 2 is 2.29 bits per heavy atom. The standard InChI is InChI=1S/C11H9Cl2N3O/c12-5-9(14)16-8-4-7(13)6-2-1-3-15-10(6)11(8)17/h1-4,17H,5H2,(H2,14,16). The first kappa shape index (κ1) is 12.0. The number of nitrogens with two attached hydrogens (primary N) is 1. The van der Waals surface area contributed by atoms with E-state index < -0.39 is 0 Å². The summed E-state index contributed by atoms with van der Waals surface area (Å²) in [7, 11) is 0. The number of nitrogens with zero attached hydrogens (tertiary/aromatic N) is 2. The van der Waals surface area contributed by atoms with Crippen LogP contribution in [0.2, 0.25) is 5.02 Å². The van der Waals surface area contributed by atoms with Gasteiger partial charge in [0.15, 0.2) is 5.75 Å². The Bertz CT molecular complexity index is 599. The second-order valence-electron chi connectivity index (χ2n) is 3.36. The number of hydrogen-bond donors (Lipinski definition) is 2. The molecule has 0 saturated heterocycles. The third-order valence-corrected chi connectivity index (χ3v) is 2.78. The molecular weight excluding hydrogens is 261 g/mol. The van der Waals surface area contributed by atoms with Crippen LogP contribution in [0.5, 0.6) is 5.75 Å². The molecule has 1 aromatic heterocycles. The SMILES string of the molecule is NC(CCl)=Nc1cc(Cl)c2cccnc2c1O. The molecule has 17 heavy (non-hydrogen) atoms. The molecule has 0 fully saturated rings. The van der Waals surface area contributed by atoms with Crippen molar-refractivity contribution < 1.29 is 5.11 Å². The van der Waals surface area contributed by atoms with Crippen LogP contribution in [-0.2, 0) is 0 Å². The van der Waals surface area contributed by atoms with Crippen LogP contribution >= 0.6 is 23.2 Å². The first-order valence-electron chi connectivity index (χ1n) is 4.78. The highest BCUT2D eigenvalue weighted by Gasteiger charge is 2.10. The minimum atomic E-state index is -0.0573. The Morgan fingerprint density at radius 1 is 1.53 bits per heavy atom. The lowest BCUT2D eigenvalue weighted by atomic mass is 10.2. The predicted molar refractivity (Wildman–Crippen MR) is 70.4 cm³/mol. The van der Waals surface area contributed by atoms with Gasteiger partial charge in [0.05, 0.1) is 10.9 Å². The van der Waals surface area contributed by atoms with Gasteiger partial charge in [-0.2, -0.15) is 0 Å². The van der Waals surface area contributed by atoms with Crippen molar-refractivity contribution in [1.29, 1.82) is 0 Å². The number of rotatable bonds is 2. The van der Waals surface area contributed by atoms with Crippen molar-refractivity contribution in [2.45, 2.75) is 0 Å². The molecule has 0 atom stereocenters. The summed E-state index contributed by atoms with van der Waals surface area (Å²) in [6, 6.07) is 5.03. The minimum absolute atomic E-state index is 0.0573. The number of amidine groups is 1. The number of hydrogen-bond acceptors (Lipinski definition) is 3. The summed E-state index contributed by atoms with van der Waals surface area (Å²) in [6.07, 6.45) is 1.57. The molecule has 3 N–H and O–H groups in total. The molecule has 0 bridgehead atoms. The van der Waals surface area contributed by atoms with Crippen molar-refractivity contribution >= 4 is 45.6 Å². The Hall–Kier alpha value is -1.52. The number of aliphatic imine (C=N–C) groups is 1. The fourth-order valence-corrected chi connectivity index (χ4v) is 1.76. The van der Waals surface area contributed by atoms with E-state index in [0.717, 1.165) is 0 Å². The summed E-state index contributed by atoms with van der Waals surface area (Å²) in [5.74, 6) is 0.225. The maximum absolute atomic E-state index is 9.99. The van der Waals surface area contributed by atoms with E-state index in [2.05, 4.69) is 9.98 Å². The minimum Gasteiger partial charge on any atom is -0.504 e. The maximum Gasteiger partial charge on any atom is 0.167 e. The van der Waals surface area contributed by atoms with Crippen LogP contribution in [0.1, 0.15) is 0 Å². The van der Waals surface area contributed by atoms with Gasteiger partial charge in [-0.3, -0.25) is 4.98 Å². The van der Waals surface area contributed by atoms with E-state index >= 15 is 0 Å². The van der Waals surface area contributed by atoms with Gasteiger partial charge in [0, 0.05) is 11.6 Å². The summed E-state index contributed by atoms with van der Waals surface area (Å²) in [6.45, 7) is 0. The Morgan fingerprint density at radius 3 is 3.00 bits per heavy atom. The fourth-order valence-electron chi connectivity index (χ4n) is 1.44. The molecule has 2 aromatic rings. The van der Waals surface area contributed by atoms with Crippen molar-refractivity contribution in [2.75, 3.05) is 5.88 Å². The van der Waals surface area contributed by atoms with Gasteiger partial charge in [-0.15, -0.1) is 11.6 Å². The van der Waals surface area contributed by atoms with Crippen LogP contribution in [-0.4, -0.2) is 21.8 Å². The smallest absolute Gasteiger partial charge is 0.167 e. The number of fused-ring (bicyclic) bond motifs is 1. The highest BCUT2D eigenvalue weighted by molar-refractivity contribution is 6.36. The molecule has 88 valence electrons. The van der Waals surface area contributed by atoms with Crippen LogP contribution in [0, 0.1) is 0 Å². The Kier molecular flexibility index (Phi) is 3.36. The number of pyridine rings is 1. The number of aromatic hydroxyl groups is 1. The predicted octanol–water partition coefficient (Wildman–Crippen LogP) is 2.82. The zero-order chi connectivity index (χ0) is 12.4. The van der Waals surface area contributed by atoms with Gasteiger partial charge in [0.2, 0.25) is 0 Å². The molecule has 0 aliphatic heterocycles. The number of benzene rings is 1. The first-order valence-corrected chi connectivity index (χ1v) is 5.70. The molecule has 0 spiro atoms. The molecule has 0 saturated carbocycles. The van der Waals surface area contributed by atoms with Crippen LogP contribution in [0.15, 0.2) is 29.4 Å². The van der Waals surface area contributed by atoms with Crippen LogP contribution in [0.4, 0.5) is 5.69 Å². The van der Waals surface area contributed by atoms with E-state index in [9.17, 15) is 5.11 Å². The quantitative estimate of drug-likeness (QED) is 0.500. The molecule has 0 unspecified atom stereocenters. The monoisotopic (exact) mass is 269 g/mol. The number of alkyl halides is 1. The van der Waals surface area contributed by atoms with Gasteiger partial charge in [0.25, 0.3) is 0 Å². The van der Waals surface area contributed by atoms with Crippen molar-refractivity contribution in [2.24, 2.45) is 10.7 Å². The molecule has 1 heterocycles. The Labute approximate surface area is 108 Å². The van der Waals surface area contributed by atoms with Crippen LogP contribution in [0.3, 0.4) is 0 Å². The number of phenols is 1. The normalized spacial score (nSPS) is 12.0. The largest absolute Gasteiger partial charge is 0.504 e. The summed E-state index contributed by atoms with van der Waals surface area (Å²) < 4.78 is 0. The molecule has 0 aliphatic rings. The number of aromatic nitrogens is 1. The van der Waals surface area contributed by atoms with E-state index in [1.165, 1.54) is 6.07 Å². The number of phenolic OH excluding ortho intramolecular Hbond substituents is 1. The van der Waals surface area contributed by atoms with Gasteiger partial charge in [0.1, 0.15) is 17.0 Å². The van der Waals surface area contributed by atoms with Crippen molar-refractivity contribution in [3.63, 3.8) is 0 Å². The van der Waals surface area contributed by atoms with Crippen molar-refractivity contribution in [3.8, 4) is 5.75 Å². The fraction of sp³-hybridized carbons (Fsp3) is 0.0909. The molecule has 0 amide bonds. The zero-order valence-electron chi connectivity index (χ0n) is 8.69. The molecule has 1 aromatic carbocycles. The van der Waals surface area contributed by atoms with Gasteiger partial charge in [-0.05, 0) is 18.2 Å². The van der Waals surface area contributed by atoms with Crippen LogP contribution in [0.25, 0.3) is 10.9 Å². The van der Waals surface area contributed by atoms with E-state index in [-0.39, 0.29) is 23.2 Å². The summed E-state index contributed by atoms with van der Waals surface area (Å²) in [5, 5.41) is 11.1. The average molecular weight is 270 g/mol. The molecule has 4 nitrogen and oxygen atoms in total. The maximum atomic E-state index is 9.99. The van der Waals surface area contributed by atoms with Gasteiger partial charge < -0.3 is 10.8 Å². The van der Waals surface area contributed by atoms with Gasteiger partial charge >= 0.3 is 0 Å². The van der Waals surface area contributed by atoms with Gasteiger partial charge in [-0.1, -0.05) is 11.6 Å². The first-order chi connectivity index (χ1) is 8.13. The highest BCUT2D eigenvalue weighted by atomic mass is 35.5. The second-order valence-corrected chi connectivity index (χ2v) is 4.04. The molecule has 0 radical (unpaired) electrons. The number of halogens is 2. The summed E-state index contributed by atoms with van der Waals surface area (Å²) in [4.78, 5) is 8.03. The molecule has 2 rings (SSSR count). The Balaban J connectivity index is 2.71. The molecular formula is C11H9Cl2N3O. The van der Waals surface area contributed by atoms with Crippen LogP contribution < -0.4 is 5.73 Å². The molecule has 6 heteroatoms. The van der Waals surface area contributed by atoms with E-state index in [4.69, 9.17) is 28.9 Å². The lowest BCUT2D eigenvalue weighted by Gasteiger charge is -2.06. The average Bonchev–Trinajstić information content (AvgIpc) is 2.35. The van der Waals surface area contributed by atoms with Gasteiger partial charge in [-0.25, -0.2) is 4.99 Å². The molecule has 0 aliphatic carbocycles. The van der Waals surface area contributed by atoms with E-state index in [0.29, 0.717) is 15.9 Å². The topological polar surface area (TPSA) is 71.5 Å². The zero-order valence-corrected chi connectivity index (χ0v) is 10.2. The van der Waals surface area contributed by atoms with E-state index in [1.54, 1.807) is 18.3 Å².